The molecule has 1 fully saturated rings. The van der Waals surface area contributed by atoms with Crippen molar-refractivity contribution in [1.29, 1.82) is 0 Å². The van der Waals surface area contributed by atoms with Crippen LogP contribution in [0.2, 0.25) is 0 Å². The van der Waals surface area contributed by atoms with Crippen LogP contribution in [0.15, 0.2) is 35.4 Å². The van der Waals surface area contributed by atoms with E-state index in [0.29, 0.717) is 0 Å². The molecular weight excluding hydrogens is 342 g/mol. The highest BCUT2D eigenvalue weighted by Gasteiger charge is 2.36. The summed E-state index contributed by atoms with van der Waals surface area (Å²) in [5, 5.41) is 8.24. The van der Waals surface area contributed by atoms with Gasteiger partial charge in [0.15, 0.2) is 0 Å². The van der Waals surface area contributed by atoms with Gasteiger partial charge in [-0.25, -0.2) is 4.98 Å². The van der Waals surface area contributed by atoms with Crippen LogP contribution in [0.5, 0.6) is 0 Å². The van der Waals surface area contributed by atoms with Crippen LogP contribution < -0.4 is 0 Å². The molecule has 0 bridgehead atoms. The van der Waals surface area contributed by atoms with E-state index in [9.17, 15) is 14.4 Å². The molecule has 0 aliphatic carbocycles. The third kappa shape index (κ3) is 3.20. The molecule has 0 radical (unpaired) electrons. The van der Waals surface area contributed by atoms with Crippen molar-refractivity contribution in [3.8, 4) is 5.82 Å². The number of pyridine rings is 1. The fourth-order valence-corrected chi connectivity index (χ4v) is 3.51. The molecule has 128 valence electrons. The lowest BCUT2D eigenvalue weighted by atomic mass is 10.2. The van der Waals surface area contributed by atoms with Crippen molar-refractivity contribution in [3.63, 3.8) is 0 Å². The smallest absolute Gasteiger partial charge is 0.323 e. The van der Waals surface area contributed by atoms with Crippen molar-refractivity contribution in [2.24, 2.45) is 0 Å². The summed E-state index contributed by atoms with van der Waals surface area (Å²) in [6.07, 6.45) is 3.32. The molecule has 8 heteroatoms. The number of carbonyl (C=O) groups excluding carboxylic acids is 2. The first-order valence-corrected chi connectivity index (χ1v) is 8.27. The molecule has 3 rings (SSSR count). The maximum absolute atomic E-state index is 12.3. The van der Waals surface area contributed by atoms with Gasteiger partial charge < -0.3 is 9.67 Å². The number of carboxylic acid groups (broad SMARTS) is 1. The fourth-order valence-electron chi connectivity index (χ4n) is 2.69. The predicted octanol–water partition coefficient (Wildman–Crippen LogP) is 2.61. The summed E-state index contributed by atoms with van der Waals surface area (Å²) < 4.78 is 1.95. The molecule has 7 nitrogen and oxygen atoms in total. The number of thioether (sulfide) groups is 1. The van der Waals surface area contributed by atoms with E-state index in [4.69, 9.17) is 5.11 Å². The van der Waals surface area contributed by atoms with Gasteiger partial charge in [-0.15, -0.1) is 0 Å². The van der Waals surface area contributed by atoms with Crippen LogP contribution in [0.4, 0.5) is 4.79 Å². The van der Waals surface area contributed by atoms with Gasteiger partial charge in [0.2, 0.25) is 0 Å². The van der Waals surface area contributed by atoms with Crippen molar-refractivity contribution in [2.45, 2.75) is 13.8 Å². The molecular formula is C17H15N3O4S. The first kappa shape index (κ1) is 17.0. The van der Waals surface area contributed by atoms with Crippen molar-refractivity contribution >= 4 is 35.0 Å². The Morgan fingerprint density at radius 3 is 2.72 bits per heavy atom. The Kier molecular flexibility index (Phi) is 4.45. The zero-order valence-electron chi connectivity index (χ0n) is 13.6. The minimum atomic E-state index is -1.23. The van der Waals surface area contributed by atoms with Crippen LogP contribution in [0, 0.1) is 13.8 Å². The molecule has 1 N–H and O–H groups in total. The zero-order chi connectivity index (χ0) is 18.1. The van der Waals surface area contributed by atoms with E-state index in [2.05, 4.69) is 4.98 Å². The first-order chi connectivity index (χ1) is 11.9. The normalized spacial score (nSPS) is 16.1. The highest BCUT2D eigenvalue weighted by atomic mass is 32.2. The molecule has 0 spiro atoms. The van der Waals surface area contributed by atoms with Crippen LogP contribution in [-0.4, -0.2) is 43.2 Å². The van der Waals surface area contributed by atoms with E-state index in [1.54, 1.807) is 12.3 Å². The highest BCUT2D eigenvalue weighted by molar-refractivity contribution is 8.18. The van der Waals surface area contributed by atoms with Crippen LogP contribution >= 0.6 is 11.8 Å². The lowest BCUT2D eigenvalue weighted by molar-refractivity contribution is -0.140. The second-order valence-corrected chi connectivity index (χ2v) is 6.50. The van der Waals surface area contributed by atoms with Crippen molar-refractivity contribution < 1.29 is 19.5 Å². The Morgan fingerprint density at radius 2 is 2.08 bits per heavy atom. The van der Waals surface area contributed by atoms with E-state index in [1.165, 1.54) is 0 Å². The molecule has 0 atom stereocenters. The maximum atomic E-state index is 12.3. The van der Waals surface area contributed by atoms with E-state index in [0.717, 1.165) is 39.4 Å². The number of aryl methyl sites for hydroxylation is 1. The van der Waals surface area contributed by atoms with E-state index >= 15 is 0 Å². The SMILES string of the molecule is Cc1cc(/C=C2\SC(=O)N(CC(=O)O)C2=O)c(C)n1-c1ccccn1. The third-order valence-electron chi connectivity index (χ3n) is 3.80. The molecule has 2 amide bonds. The topological polar surface area (TPSA) is 92.5 Å². The van der Waals surface area contributed by atoms with Crippen molar-refractivity contribution in [1.82, 2.24) is 14.5 Å². The molecule has 0 aromatic carbocycles. The molecule has 0 saturated carbocycles. The molecule has 1 aliphatic rings. The summed E-state index contributed by atoms with van der Waals surface area (Å²) in [6, 6.07) is 7.49. The summed E-state index contributed by atoms with van der Waals surface area (Å²) in [5.74, 6) is -1.05. The number of carboxylic acids is 1. The number of aromatic nitrogens is 2. The van der Waals surface area contributed by atoms with E-state index < -0.39 is 23.7 Å². The monoisotopic (exact) mass is 357 g/mol. The van der Waals surface area contributed by atoms with Gasteiger partial charge in [-0.2, -0.15) is 0 Å². The number of hydrogen-bond acceptors (Lipinski definition) is 5. The summed E-state index contributed by atoms with van der Waals surface area (Å²) in [7, 11) is 0. The van der Waals surface area contributed by atoms with Gasteiger partial charge in [0, 0.05) is 17.6 Å². The van der Waals surface area contributed by atoms with Gasteiger partial charge >= 0.3 is 5.97 Å². The minimum absolute atomic E-state index is 0.215. The number of hydrogen-bond donors (Lipinski definition) is 1. The van der Waals surface area contributed by atoms with Gasteiger partial charge in [0.1, 0.15) is 12.4 Å². The number of nitrogens with zero attached hydrogens (tertiary/aromatic N) is 3. The summed E-state index contributed by atoms with van der Waals surface area (Å²) in [6.45, 7) is 3.19. The van der Waals surface area contributed by atoms with E-state index in [-0.39, 0.29) is 4.91 Å². The largest absolute Gasteiger partial charge is 0.480 e. The number of aliphatic carboxylic acids is 1. The Balaban J connectivity index is 1.97. The van der Waals surface area contributed by atoms with Crippen LogP contribution in [0.3, 0.4) is 0 Å². The van der Waals surface area contributed by atoms with Gasteiger partial charge in [0.05, 0.1) is 4.91 Å². The average molecular weight is 357 g/mol. The summed E-state index contributed by atoms with van der Waals surface area (Å²) >= 11 is 0.749. The molecule has 1 aliphatic heterocycles. The Hall–Kier alpha value is -2.87. The van der Waals surface area contributed by atoms with Gasteiger partial charge in [-0.3, -0.25) is 19.3 Å². The van der Waals surface area contributed by atoms with Crippen molar-refractivity contribution in [3.05, 3.63) is 52.3 Å². The number of amides is 2. The first-order valence-electron chi connectivity index (χ1n) is 7.46. The quantitative estimate of drug-likeness (QED) is 0.846. The maximum Gasteiger partial charge on any atom is 0.323 e. The molecule has 25 heavy (non-hydrogen) atoms. The van der Waals surface area contributed by atoms with Gasteiger partial charge in [-0.05, 0) is 55.4 Å². The van der Waals surface area contributed by atoms with Crippen LogP contribution in [0.1, 0.15) is 17.0 Å². The molecule has 2 aromatic rings. The number of rotatable bonds is 4. The lowest BCUT2D eigenvalue weighted by Gasteiger charge is -2.08. The molecule has 0 unspecified atom stereocenters. The molecule has 1 saturated heterocycles. The highest BCUT2D eigenvalue weighted by Crippen LogP contribution is 2.33. The van der Waals surface area contributed by atoms with Crippen molar-refractivity contribution in [2.75, 3.05) is 6.54 Å². The number of carbonyl (C=O) groups is 3. The minimum Gasteiger partial charge on any atom is -0.480 e. The molecule has 2 aromatic heterocycles. The summed E-state index contributed by atoms with van der Waals surface area (Å²) in [5.41, 5.74) is 2.59. The second-order valence-electron chi connectivity index (χ2n) is 5.51. The second kappa shape index (κ2) is 6.56. The van der Waals surface area contributed by atoms with Gasteiger partial charge in [-0.1, -0.05) is 6.07 Å². The standard InChI is InChI=1S/C17H15N3O4S/c1-10-7-12(11(2)20(10)14-5-3-4-6-18-14)8-13-16(23)19(9-15(21)22)17(24)25-13/h3-8H,9H2,1-2H3,(H,21,22)/b13-8-. The molecule has 3 heterocycles. The Morgan fingerprint density at radius 1 is 1.32 bits per heavy atom. The summed E-state index contributed by atoms with van der Waals surface area (Å²) in [4.78, 5) is 40.2. The van der Waals surface area contributed by atoms with Crippen LogP contribution in [-0.2, 0) is 9.59 Å². The van der Waals surface area contributed by atoms with Gasteiger partial charge in [0.25, 0.3) is 11.1 Å². The fraction of sp³-hybridized carbons (Fsp3) is 0.176. The lowest BCUT2D eigenvalue weighted by Crippen LogP contribution is -2.33. The zero-order valence-corrected chi connectivity index (χ0v) is 14.4. The van der Waals surface area contributed by atoms with E-state index in [1.807, 2.05) is 42.7 Å². The Bertz CT molecular complexity index is 902. The Labute approximate surface area is 148 Å². The number of imide groups is 1. The average Bonchev–Trinajstić information content (AvgIpc) is 2.99. The predicted molar refractivity (Wildman–Crippen MR) is 93.4 cm³/mol. The third-order valence-corrected chi connectivity index (χ3v) is 4.71. The van der Waals surface area contributed by atoms with Crippen LogP contribution in [0.25, 0.3) is 11.9 Å².